The second-order valence-corrected chi connectivity index (χ2v) is 11.3. The predicted octanol–water partition coefficient (Wildman–Crippen LogP) is 5.99. The van der Waals surface area contributed by atoms with E-state index in [-0.39, 0.29) is 29.9 Å². The van der Waals surface area contributed by atoms with Crippen LogP contribution < -0.4 is 4.74 Å². The van der Waals surface area contributed by atoms with Gasteiger partial charge in [-0.15, -0.1) is 6.58 Å². The molecule has 2 N–H and O–H groups in total. The Labute approximate surface area is 245 Å². The third kappa shape index (κ3) is 5.45. The van der Waals surface area contributed by atoms with Gasteiger partial charge in [0.2, 0.25) is 0 Å². The molecule has 4 aliphatic rings. The van der Waals surface area contributed by atoms with Crippen LogP contribution in [-0.4, -0.2) is 51.2 Å². The number of carboxylic acid groups (broad SMARTS) is 1. The van der Waals surface area contributed by atoms with Crippen LogP contribution in [0.5, 0.6) is 5.75 Å². The van der Waals surface area contributed by atoms with Crippen molar-refractivity contribution in [2.24, 2.45) is 11.8 Å². The van der Waals surface area contributed by atoms with Gasteiger partial charge in [-0.25, -0.2) is 4.79 Å². The van der Waals surface area contributed by atoms with Gasteiger partial charge < -0.3 is 14.9 Å². The number of aromatic carboxylic acids is 1. The number of fused-ring (bicyclic) bond motifs is 5. The third-order valence-electron chi connectivity index (χ3n) is 8.95. The molecule has 8 rings (SSSR count). The second-order valence-electron chi connectivity index (χ2n) is 11.3. The van der Waals surface area contributed by atoms with Crippen LogP contribution in [-0.2, 0) is 4.79 Å². The van der Waals surface area contributed by atoms with Gasteiger partial charge in [0.15, 0.2) is 0 Å². The van der Waals surface area contributed by atoms with Crippen molar-refractivity contribution < 1.29 is 24.5 Å². The highest BCUT2D eigenvalue weighted by molar-refractivity contribution is 5.89. The molecule has 0 aliphatic carbocycles. The lowest BCUT2D eigenvalue weighted by atomic mass is 9.73. The number of carbonyl (C=O) groups is 2. The number of piperidine rings is 3. The first kappa shape index (κ1) is 27.8. The van der Waals surface area contributed by atoms with Crippen LogP contribution in [0.3, 0.4) is 0 Å². The first-order chi connectivity index (χ1) is 20.4. The Morgan fingerprint density at radius 2 is 1.86 bits per heavy atom. The minimum atomic E-state index is -0.989. The molecule has 214 valence electrons. The number of esters is 1. The molecule has 0 radical (unpaired) electrons. The summed E-state index contributed by atoms with van der Waals surface area (Å²) in [4.78, 5) is 29.6. The number of aliphatic hydroxyl groups excluding tert-OH is 1. The molecular formula is C35H34N2O5. The average Bonchev–Trinajstić information content (AvgIpc) is 3.04. The molecule has 0 saturated carbocycles. The summed E-state index contributed by atoms with van der Waals surface area (Å²) < 4.78 is 5.19. The highest BCUT2D eigenvalue weighted by atomic mass is 16.5. The molecule has 0 spiro atoms. The molecule has 4 aliphatic heterocycles. The zero-order valence-corrected chi connectivity index (χ0v) is 23.3. The number of pyridine rings is 1. The Morgan fingerprint density at radius 3 is 2.60 bits per heavy atom. The number of carboxylic acids is 1. The van der Waals surface area contributed by atoms with Gasteiger partial charge in [0.05, 0.1) is 23.6 Å². The maximum atomic E-state index is 11.7. The first-order valence-electron chi connectivity index (χ1n) is 14.4. The number of para-hydroxylation sites is 1. The van der Waals surface area contributed by atoms with Crippen molar-refractivity contribution in [2.75, 3.05) is 13.1 Å². The van der Waals surface area contributed by atoms with E-state index in [1.807, 2.05) is 60.8 Å². The number of hydrogen-bond acceptors (Lipinski definition) is 6. The summed E-state index contributed by atoms with van der Waals surface area (Å²) in [6.45, 7) is 6.11. The monoisotopic (exact) mass is 562 g/mol. The molecule has 2 unspecified atom stereocenters. The maximum Gasteiger partial charge on any atom is 0.335 e. The maximum absolute atomic E-state index is 11.7. The van der Waals surface area contributed by atoms with Crippen molar-refractivity contribution in [3.05, 3.63) is 120 Å². The fourth-order valence-electron chi connectivity index (χ4n) is 6.76. The van der Waals surface area contributed by atoms with Gasteiger partial charge >= 0.3 is 11.9 Å². The van der Waals surface area contributed by atoms with Crippen LogP contribution in [0.25, 0.3) is 10.9 Å². The number of aromatic nitrogens is 1. The van der Waals surface area contributed by atoms with Crippen molar-refractivity contribution in [3.8, 4) is 5.75 Å². The summed E-state index contributed by atoms with van der Waals surface area (Å²) in [6, 6.07) is 24.4. The summed E-state index contributed by atoms with van der Waals surface area (Å²) in [5, 5.41) is 21.2. The molecular weight excluding hydrogens is 528 g/mol. The molecule has 5 heterocycles. The van der Waals surface area contributed by atoms with Gasteiger partial charge in [0, 0.05) is 35.7 Å². The van der Waals surface area contributed by atoms with Crippen LogP contribution in [0, 0.1) is 11.8 Å². The van der Waals surface area contributed by atoms with E-state index in [1.54, 1.807) is 12.1 Å². The Hall–Kier alpha value is -4.33. The average molecular weight is 563 g/mol. The number of aliphatic hydroxyl groups is 1. The molecule has 3 aromatic carbocycles. The number of rotatable bonds is 5. The fraction of sp³-hybridized carbons (Fsp3) is 0.286. The molecule has 4 aromatic rings. The van der Waals surface area contributed by atoms with E-state index in [2.05, 4.69) is 28.6 Å². The molecule has 6 atom stereocenters. The third-order valence-corrected chi connectivity index (χ3v) is 8.95. The number of nitrogens with zero attached hydrogens (tertiary/aromatic N) is 2. The Morgan fingerprint density at radius 1 is 1.07 bits per heavy atom. The summed E-state index contributed by atoms with van der Waals surface area (Å²) in [5.41, 5.74) is 3.89. The van der Waals surface area contributed by atoms with E-state index >= 15 is 0 Å². The van der Waals surface area contributed by atoms with E-state index in [0.29, 0.717) is 17.6 Å². The molecule has 2 bridgehead atoms. The van der Waals surface area contributed by atoms with Gasteiger partial charge in [-0.3, -0.25) is 14.7 Å². The quantitative estimate of drug-likeness (QED) is 0.175. The van der Waals surface area contributed by atoms with E-state index in [9.17, 15) is 14.7 Å². The highest BCUT2D eigenvalue weighted by Gasteiger charge is 2.42. The zero-order chi connectivity index (χ0) is 29.2. The van der Waals surface area contributed by atoms with Crippen molar-refractivity contribution in [3.63, 3.8) is 0 Å². The van der Waals surface area contributed by atoms with Gasteiger partial charge in [0.1, 0.15) is 5.75 Å². The normalized spacial score (nSPS) is 25.0. The summed E-state index contributed by atoms with van der Waals surface area (Å²) in [6.07, 6.45) is 5.98. The zero-order valence-electron chi connectivity index (χ0n) is 23.3. The van der Waals surface area contributed by atoms with Crippen molar-refractivity contribution in [1.82, 2.24) is 9.88 Å². The molecule has 3 saturated heterocycles. The molecule has 7 nitrogen and oxygen atoms in total. The lowest BCUT2D eigenvalue weighted by Gasteiger charge is -2.50. The summed E-state index contributed by atoms with van der Waals surface area (Å²) >= 11 is 0. The number of ether oxygens (including phenoxy) is 1. The SMILES string of the molecule is C=C[C@H]1CN2CC[C@H]1C[C@@H]2[C@H](O)c1ccnc2ccccc12.O=C1CC(c2ccccc2)c2cc(C(=O)O)ccc2O1. The van der Waals surface area contributed by atoms with Crippen LogP contribution in [0.15, 0.2) is 97.7 Å². The largest absolute Gasteiger partial charge is 0.478 e. The number of benzene rings is 3. The highest BCUT2D eigenvalue weighted by Crippen LogP contribution is 2.42. The van der Waals surface area contributed by atoms with E-state index in [0.717, 1.165) is 47.1 Å². The lowest BCUT2D eigenvalue weighted by Crippen LogP contribution is -2.54. The number of carbonyl (C=O) groups excluding carboxylic acids is 1. The van der Waals surface area contributed by atoms with Crippen LogP contribution in [0.1, 0.15) is 58.3 Å². The Balaban J connectivity index is 0.000000151. The van der Waals surface area contributed by atoms with Crippen LogP contribution in [0.4, 0.5) is 0 Å². The molecule has 42 heavy (non-hydrogen) atoms. The Kier molecular flexibility index (Phi) is 7.87. The lowest BCUT2D eigenvalue weighted by molar-refractivity contribution is -0.135. The second kappa shape index (κ2) is 11.9. The van der Waals surface area contributed by atoms with E-state index < -0.39 is 12.1 Å². The summed E-state index contributed by atoms with van der Waals surface area (Å²) in [5.74, 6) is 0.263. The minimum absolute atomic E-state index is 0.160. The van der Waals surface area contributed by atoms with E-state index in [1.165, 1.54) is 12.5 Å². The molecule has 1 aromatic heterocycles. The van der Waals surface area contributed by atoms with Crippen LogP contribution in [0.2, 0.25) is 0 Å². The molecule has 0 amide bonds. The van der Waals surface area contributed by atoms with Crippen molar-refractivity contribution >= 4 is 22.8 Å². The predicted molar refractivity (Wildman–Crippen MR) is 160 cm³/mol. The van der Waals surface area contributed by atoms with Gasteiger partial charge in [-0.2, -0.15) is 0 Å². The van der Waals surface area contributed by atoms with Crippen LogP contribution >= 0.6 is 0 Å². The van der Waals surface area contributed by atoms with Crippen molar-refractivity contribution in [1.29, 1.82) is 0 Å². The smallest absolute Gasteiger partial charge is 0.335 e. The topological polar surface area (TPSA) is 100.0 Å². The van der Waals surface area contributed by atoms with Gasteiger partial charge in [-0.1, -0.05) is 54.6 Å². The van der Waals surface area contributed by atoms with Crippen molar-refractivity contribution in [2.45, 2.75) is 37.3 Å². The summed E-state index contributed by atoms with van der Waals surface area (Å²) in [7, 11) is 0. The fourth-order valence-corrected chi connectivity index (χ4v) is 6.76. The van der Waals surface area contributed by atoms with E-state index in [4.69, 9.17) is 9.84 Å². The molecule has 3 fully saturated rings. The molecule has 7 heteroatoms. The van der Waals surface area contributed by atoms with Gasteiger partial charge in [-0.05, 0) is 72.7 Å². The van der Waals surface area contributed by atoms with Gasteiger partial charge in [0.25, 0.3) is 0 Å². The minimum Gasteiger partial charge on any atom is -0.478 e. The number of hydrogen-bond donors (Lipinski definition) is 2. The first-order valence-corrected chi connectivity index (χ1v) is 14.4. The Bertz CT molecular complexity index is 1620. The standard InChI is InChI=1S/C19H22N2O.C16H12O4/c1-2-13-12-21-10-8-14(13)11-18(21)19(22)16-7-9-20-17-6-4-3-5-15(16)17;17-15-9-12(10-4-2-1-3-5-10)13-8-11(16(18)19)6-7-14(13)20-15/h2-7,9,13-14,18-19,22H,1,8,10-12H2;1-8,12H,9H2,(H,18,19)/t13-,14-,18+,19+;/m0./s1.